The molecule has 0 bridgehead atoms. The fourth-order valence-electron chi connectivity index (χ4n) is 2.45. The van der Waals surface area contributed by atoms with E-state index in [2.05, 4.69) is 21.9 Å². The first-order valence-electron chi connectivity index (χ1n) is 6.63. The van der Waals surface area contributed by atoms with Crippen LogP contribution in [0.1, 0.15) is 36.2 Å². The number of amides is 1. The number of carbonyl (C=O) groups excluding carboxylic acids is 1. The SMILES string of the molecule is CSC1(CNC(=O)c2cn(CCN)nn2)CCCC1. The fourth-order valence-corrected chi connectivity index (χ4v) is 3.36. The van der Waals surface area contributed by atoms with Gasteiger partial charge in [0.05, 0.1) is 12.7 Å². The third kappa shape index (κ3) is 3.48. The molecule has 1 saturated carbocycles. The van der Waals surface area contributed by atoms with Gasteiger partial charge in [0.1, 0.15) is 0 Å². The summed E-state index contributed by atoms with van der Waals surface area (Å²) < 4.78 is 1.80. The van der Waals surface area contributed by atoms with Crippen LogP contribution < -0.4 is 11.1 Å². The summed E-state index contributed by atoms with van der Waals surface area (Å²) in [6.45, 7) is 1.77. The number of hydrogen-bond acceptors (Lipinski definition) is 5. The van der Waals surface area contributed by atoms with E-state index in [1.54, 1.807) is 10.9 Å². The maximum Gasteiger partial charge on any atom is 0.273 e. The molecule has 106 valence electrons. The average molecular weight is 283 g/mol. The van der Waals surface area contributed by atoms with E-state index in [9.17, 15) is 4.79 Å². The summed E-state index contributed by atoms with van der Waals surface area (Å²) in [6.07, 6.45) is 8.62. The number of carbonyl (C=O) groups is 1. The first-order chi connectivity index (χ1) is 9.19. The Labute approximate surface area is 117 Å². The first kappa shape index (κ1) is 14.3. The normalized spacial score (nSPS) is 17.6. The molecule has 7 heteroatoms. The van der Waals surface area contributed by atoms with E-state index in [1.807, 2.05) is 11.8 Å². The molecule has 1 heterocycles. The zero-order valence-corrected chi connectivity index (χ0v) is 12.1. The molecule has 0 aliphatic heterocycles. The van der Waals surface area contributed by atoms with Crippen LogP contribution in [0.2, 0.25) is 0 Å². The van der Waals surface area contributed by atoms with Gasteiger partial charge >= 0.3 is 0 Å². The minimum absolute atomic E-state index is 0.149. The molecule has 0 atom stereocenters. The van der Waals surface area contributed by atoms with Gasteiger partial charge in [-0.15, -0.1) is 5.10 Å². The Morgan fingerprint density at radius 3 is 2.95 bits per heavy atom. The average Bonchev–Trinajstić information content (AvgIpc) is 3.06. The van der Waals surface area contributed by atoms with E-state index in [0.717, 1.165) is 0 Å². The third-order valence-corrected chi connectivity index (χ3v) is 5.07. The smallest absolute Gasteiger partial charge is 0.273 e. The highest BCUT2D eigenvalue weighted by Crippen LogP contribution is 2.39. The minimum Gasteiger partial charge on any atom is -0.349 e. The Balaban J connectivity index is 1.89. The van der Waals surface area contributed by atoms with Gasteiger partial charge < -0.3 is 11.1 Å². The molecule has 1 aromatic rings. The van der Waals surface area contributed by atoms with Crippen LogP contribution in [0.4, 0.5) is 0 Å². The largest absolute Gasteiger partial charge is 0.349 e. The molecule has 1 fully saturated rings. The van der Waals surface area contributed by atoms with Gasteiger partial charge in [-0.3, -0.25) is 9.48 Å². The minimum atomic E-state index is -0.149. The molecule has 0 saturated heterocycles. The van der Waals surface area contributed by atoms with Crippen molar-refractivity contribution in [2.75, 3.05) is 19.3 Å². The maximum atomic E-state index is 12.0. The second kappa shape index (κ2) is 6.38. The van der Waals surface area contributed by atoms with E-state index >= 15 is 0 Å². The highest BCUT2D eigenvalue weighted by Gasteiger charge is 2.33. The Morgan fingerprint density at radius 1 is 1.58 bits per heavy atom. The van der Waals surface area contributed by atoms with Crippen molar-refractivity contribution in [3.63, 3.8) is 0 Å². The molecule has 0 spiro atoms. The van der Waals surface area contributed by atoms with Crippen LogP contribution >= 0.6 is 11.8 Å². The molecular formula is C12H21N5OS. The molecule has 3 N–H and O–H groups in total. The van der Waals surface area contributed by atoms with Crippen LogP contribution in [-0.2, 0) is 6.54 Å². The summed E-state index contributed by atoms with van der Waals surface area (Å²) in [5.74, 6) is -0.149. The first-order valence-corrected chi connectivity index (χ1v) is 7.85. The molecule has 1 aromatic heterocycles. The monoisotopic (exact) mass is 283 g/mol. The van der Waals surface area contributed by atoms with E-state index in [4.69, 9.17) is 5.73 Å². The van der Waals surface area contributed by atoms with Gasteiger partial charge in [0.15, 0.2) is 5.69 Å². The molecular weight excluding hydrogens is 262 g/mol. The lowest BCUT2D eigenvalue weighted by Gasteiger charge is -2.26. The molecule has 2 rings (SSSR count). The van der Waals surface area contributed by atoms with Gasteiger partial charge in [0, 0.05) is 17.8 Å². The molecule has 1 aliphatic carbocycles. The predicted molar refractivity (Wildman–Crippen MR) is 76.1 cm³/mol. The Morgan fingerprint density at radius 2 is 2.32 bits per heavy atom. The Kier molecular flexibility index (Phi) is 4.81. The van der Waals surface area contributed by atoms with E-state index in [0.29, 0.717) is 25.3 Å². The summed E-state index contributed by atoms with van der Waals surface area (Å²) >= 11 is 1.86. The highest BCUT2D eigenvalue weighted by molar-refractivity contribution is 8.00. The van der Waals surface area contributed by atoms with Crippen molar-refractivity contribution in [2.45, 2.75) is 37.0 Å². The van der Waals surface area contributed by atoms with Crippen molar-refractivity contribution in [1.29, 1.82) is 0 Å². The Hall–Kier alpha value is -1.08. The van der Waals surface area contributed by atoms with Gasteiger partial charge in [-0.2, -0.15) is 11.8 Å². The molecule has 1 aliphatic rings. The van der Waals surface area contributed by atoms with Crippen LogP contribution in [0.15, 0.2) is 6.20 Å². The lowest BCUT2D eigenvalue weighted by molar-refractivity contribution is 0.0944. The number of aromatic nitrogens is 3. The predicted octanol–water partition coefficient (Wildman–Crippen LogP) is 0.642. The number of nitrogens with one attached hydrogen (secondary N) is 1. The zero-order chi connectivity index (χ0) is 13.7. The van der Waals surface area contributed by atoms with Crippen molar-refractivity contribution in [1.82, 2.24) is 20.3 Å². The number of thioether (sulfide) groups is 1. The standard InChI is InChI=1S/C12H21N5OS/c1-19-12(4-2-3-5-12)9-14-11(18)10-8-17(7-6-13)16-15-10/h8H,2-7,9,13H2,1H3,(H,14,18). The molecule has 0 aromatic carbocycles. The molecule has 1 amide bonds. The van der Waals surface area contributed by atoms with Gasteiger partial charge in [-0.1, -0.05) is 18.1 Å². The van der Waals surface area contributed by atoms with Crippen LogP contribution in [0.5, 0.6) is 0 Å². The quantitative estimate of drug-likeness (QED) is 0.800. The van der Waals surface area contributed by atoms with Crippen molar-refractivity contribution in [2.24, 2.45) is 5.73 Å². The summed E-state index contributed by atoms with van der Waals surface area (Å²) in [7, 11) is 0. The van der Waals surface area contributed by atoms with Crippen molar-refractivity contribution >= 4 is 17.7 Å². The molecule has 0 unspecified atom stereocenters. The van der Waals surface area contributed by atoms with Crippen LogP contribution in [-0.4, -0.2) is 45.0 Å². The van der Waals surface area contributed by atoms with Crippen molar-refractivity contribution in [3.05, 3.63) is 11.9 Å². The second-order valence-corrected chi connectivity index (χ2v) is 6.21. The number of nitrogens with zero attached hydrogens (tertiary/aromatic N) is 3. The van der Waals surface area contributed by atoms with Gasteiger partial charge in [-0.25, -0.2) is 0 Å². The van der Waals surface area contributed by atoms with Gasteiger partial charge in [0.25, 0.3) is 5.91 Å². The van der Waals surface area contributed by atoms with Crippen LogP contribution in [0, 0.1) is 0 Å². The second-order valence-electron chi connectivity index (χ2n) is 4.93. The molecule has 19 heavy (non-hydrogen) atoms. The number of hydrogen-bond donors (Lipinski definition) is 2. The number of rotatable bonds is 6. The fraction of sp³-hybridized carbons (Fsp3) is 0.750. The van der Waals surface area contributed by atoms with Crippen molar-refractivity contribution < 1.29 is 4.79 Å². The van der Waals surface area contributed by atoms with E-state index in [-0.39, 0.29) is 10.7 Å². The molecule has 0 radical (unpaired) electrons. The Bertz CT molecular complexity index is 428. The summed E-state index contributed by atoms with van der Waals surface area (Å²) in [6, 6.07) is 0. The van der Waals surface area contributed by atoms with Gasteiger partial charge in [0.2, 0.25) is 0 Å². The lowest BCUT2D eigenvalue weighted by Crippen LogP contribution is -2.38. The third-order valence-electron chi connectivity index (χ3n) is 3.65. The van der Waals surface area contributed by atoms with E-state index in [1.165, 1.54) is 25.7 Å². The summed E-state index contributed by atoms with van der Waals surface area (Å²) in [4.78, 5) is 12.0. The van der Waals surface area contributed by atoms with Crippen LogP contribution in [0.25, 0.3) is 0 Å². The topological polar surface area (TPSA) is 85.8 Å². The van der Waals surface area contributed by atoms with Crippen molar-refractivity contribution in [3.8, 4) is 0 Å². The summed E-state index contributed by atoms with van der Waals surface area (Å²) in [5.41, 5.74) is 5.79. The van der Waals surface area contributed by atoms with Crippen LogP contribution in [0.3, 0.4) is 0 Å². The maximum absolute atomic E-state index is 12.0. The number of nitrogens with two attached hydrogens (primary N) is 1. The highest BCUT2D eigenvalue weighted by atomic mass is 32.2. The molecule has 6 nitrogen and oxygen atoms in total. The summed E-state index contributed by atoms with van der Waals surface area (Å²) in [5, 5.41) is 10.7. The van der Waals surface area contributed by atoms with Gasteiger partial charge in [-0.05, 0) is 19.1 Å². The van der Waals surface area contributed by atoms with E-state index < -0.39 is 0 Å². The lowest BCUT2D eigenvalue weighted by atomic mass is 10.1. The zero-order valence-electron chi connectivity index (χ0n) is 11.3.